The SMILES string of the molecule is C#C.CCN(Cc1ccc(OCCN(C)C2CCOCC2)c(F)c1)c1ccc(OC)c(OC)c1.OC1=CC2=C(C=CC1)CCCC2. The molecule has 8 heteroatoms. The molecule has 0 saturated carbocycles. The molecule has 1 N–H and O–H groups in total. The fraction of sp³-hybridized carbons (Fsp3) is 0.474. The van der Waals surface area contributed by atoms with Crippen molar-refractivity contribution in [2.75, 3.05) is 59.1 Å². The van der Waals surface area contributed by atoms with Crippen LogP contribution in [-0.4, -0.2) is 70.2 Å². The van der Waals surface area contributed by atoms with Gasteiger partial charge in [0, 0.05) is 57.1 Å². The molecule has 1 fully saturated rings. The smallest absolute Gasteiger partial charge is 0.165 e. The van der Waals surface area contributed by atoms with E-state index in [1.165, 1.54) is 30.4 Å². The van der Waals surface area contributed by atoms with Gasteiger partial charge in [-0.2, -0.15) is 0 Å². The minimum Gasteiger partial charge on any atom is -0.512 e. The number of halogens is 1. The highest BCUT2D eigenvalue weighted by atomic mass is 19.1. The highest BCUT2D eigenvalue weighted by Crippen LogP contribution is 2.32. The fourth-order valence-electron chi connectivity index (χ4n) is 5.88. The van der Waals surface area contributed by atoms with Crippen LogP contribution < -0.4 is 19.1 Å². The van der Waals surface area contributed by atoms with Crippen molar-refractivity contribution < 1.29 is 28.4 Å². The maximum Gasteiger partial charge on any atom is 0.165 e. The number of aliphatic hydroxyl groups is 1. The molecular weight excluding hydrogens is 583 g/mol. The monoisotopic (exact) mass is 634 g/mol. The van der Waals surface area contributed by atoms with Gasteiger partial charge in [-0.15, -0.1) is 12.8 Å². The molecule has 1 saturated heterocycles. The van der Waals surface area contributed by atoms with Gasteiger partial charge in [0.05, 0.1) is 20.0 Å². The van der Waals surface area contributed by atoms with Crippen molar-refractivity contribution in [3.05, 3.63) is 82.9 Å². The number of aliphatic hydroxyl groups excluding tert-OH is 1. The van der Waals surface area contributed by atoms with Crippen molar-refractivity contribution in [1.29, 1.82) is 0 Å². The number of hydrogen-bond acceptors (Lipinski definition) is 7. The molecule has 7 nitrogen and oxygen atoms in total. The number of ether oxygens (including phenoxy) is 4. The van der Waals surface area contributed by atoms with E-state index in [1.54, 1.807) is 26.4 Å². The molecule has 0 unspecified atom stereocenters. The third-order valence-corrected chi connectivity index (χ3v) is 8.54. The Bertz CT molecular complexity index is 1350. The molecule has 1 heterocycles. The van der Waals surface area contributed by atoms with E-state index in [0.717, 1.165) is 56.8 Å². The van der Waals surface area contributed by atoms with E-state index >= 15 is 0 Å². The molecule has 0 aromatic heterocycles. The maximum atomic E-state index is 14.7. The van der Waals surface area contributed by atoms with Crippen LogP contribution in [0.3, 0.4) is 0 Å². The molecule has 2 aromatic carbocycles. The predicted octanol–water partition coefficient (Wildman–Crippen LogP) is 7.87. The zero-order chi connectivity index (χ0) is 33.3. The summed E-state index contributed by atoms with van der Waals surface area (Å²) >= 11 is 0. The zero-order valence-electron chi connectivity index (χ0n) is 28.0. The first-order chi connectivity index (χ1) is 22.4. The normalized spacial score (nSPS) is 16.1. The number of hydrogen-bond donors (Lipinski definition) is 1. The van der Waals surface area contributed by atoms with E-state index in [1.807, 2.05) is 30.3 Å². The lowest BCUT2D eigenvalue weighted by Gasteiger charge is -2.31. The van der Waals surface area contributed by atoms with E-state index in [9.17, 15) is 9.50 Å². The Balaban J connectivity index is 0.000000340. The Kier molecular flexibility index (Phi) is 15.5. The summed E-state index contributed by atoms with van der Waals surface area (Å²) < 4.78 is 36.6. The van der Waals surface area contributed by atoms with E-state index in [4.69, 9.17) is 18.9 Å². The first kappa shape index (κ1) is 36.5. The van der Waals surface area contributed by atoms with Gasteiger partial charge in [0.15, 0.2) is 23.1 Å². The van der Waals surface area contributed by atoms with E-state index in [2.05, 4.69) is 48.8 Å². The molecule has 2 aromatic rings. The topological polar surface area (TPSA) is 63.6 Å². The third-order valence-electron chi connectivity index (χ3n) is 8.54. The summed E-state index contributed by atoms with van der Waals surface area (Å²) in [4.78, 5) is 4.43. The summed E-state index contributed by atoms with van der Waals surface area (Å²) in [6.45, 7) is 6.25. The zero-order valence-corrected chi connectivity index (χ0v) is 28.0. The van der Waals surface area contributed by atoms with Crippen LogP contribution in [0.25, 0.3) is 0 Å². The van der Waals surface area contributed by atoms with Crippen LogP contribution in [0, 0.1) is 18.7 Å². The van der Waals surface area contributed by atoms with E-state index < -0.39 is 0 Å². The van der Waals surface area contributed by atoms with Crippen molar-refractivity contribution in [3.8, 4) is 30.1 Å². The number of benzene rings is 2. The summed E-state index contributed by atoms with van der Waals surface area (Å²) in [5.74, 6) is 1.83. The number of anilines is 1. The Morgan fingerprint density at radius 3 is 2.33 bits per heavy atom. The fourth-order valence-corrected chi connectivity index (χ4v) is 5.88. The van der Waals surface area contributed by atoms with Crippen molar-refractivity contribution in [1.82, 2.24) is 4.90 Å². The van der Waals surface area contributed by atoms with Crippen LogP contribution in [0.15, 0.2) is 71.5 Å². The molecule has 0 atom stereocenters. The number of rotatable bonds is 11. The second-order valence-electron chi connectivity index (χ2n) is 11.5. The van der Waals surface area contributed by atoms with Gasteiger partial charge in [-0.25, -0.2) is 4.39 Å². The Hall–Kier alpha value is -3.93. The molecule has 1 aliphatic heterocycles. The lowest BCUT2D eigenvalue weighted by Crippen LogP contribution is -2.38. The van der Waals surface area contributed by atoms with Gasteiger partial charge in [0.2, 0.25) is 0 Å². The number of likely N-dealkylation sites (N-methyl/N-ethyl adjacent to an activating group) is 1. The molecule has 0 amide bonds. The van der Waals surface area contributed by atoms with Gasteiger partial charge in [0.1, 0.15) is 6.61 Å². The molecular formula is C38H51FN2O5. The van der Waals surface area contributed by atoms with Gasteiger partial charge in [0.25, 0.3) is 0 Å². The largest absolute Gasteiger partial charge is 0.512 e. The quantitative estimate of drug-likeness (QED) is 0.253. The summed E-state index contributed by atoms with van der Waals surface area (Å²) in [6, 6.07) is 11.5. The Labute approximate surface area is 275 Å². The molecule has 3 aliphatic rings. The number of terminal acetylenes is 1. The minimum atomic E-state index is -0.334. The molecule has 0 radical (unpaired) electrons. The van der Waals surface area contributed by atoms with Crippen LogP contribution >= 0.6 is 0 Å². The molecule has 250 valence electrons. The van der Waals surface area contributed by atoms with Gasteiger partial charge < -0.3 is 29.0 Å². The second kappa shape index (κ2) is 19.6. The summed E-state index contributed by atoms with van der Waals surface area (Å²) in [6.07, 6.45) is 21.9. The maximum absolute atomic E-state index is 14.7. The van der Waals surface area contributed by atoms with Crippen LogP contribution in [0.4, 0.5) is 10.1 Å². The van der Waals surface area contributed by atoms with Crippen LogP contribution in [-0.2, 0) is 11.3 Å². The molecule has 0 bridgehead atoms. The lowest BCUT2D eigenvalue weighted by molar-refractivity contribution is 0.0391. The van der Waals surface area contributed by atoms with Crippen LogP contribution in [0.5, 0.6) is 17.2 Å². The highest BCUT2D eigenvalue weighted by molar-refractivity contribution is 5.56. The number of allylic oxidation sites excluding steroid dienone is 5. The lowest BCUT2D eigenvalue weighted by atomic mass is 9.92. The summed E-state index contributed by atoms with van der Waals surface area (Å²) in [7, 11) is 5.32. The predicted molar refractivity (Wildman–Crippen MR) is 184 cm³/mol. The third kappa shape index (κ3) is 10.9. The van der Waals surface area contributed by atoms with Crippen molar-refractivity contribution in [3.63, 3.8) is 0 Å². The molecule has 0 spiro atoms. The number of methoxy groups -OCH3 is 2. The van der Waals surface area contributed by atoms with Crippen molar-refractivity contribution in [2.24, 2.45) is 0 Å². The average Bonchev–Trinajstić information content (AvgIpc) is 3.29. The first-order valence-corrected chi connectivity index (χ1v) is 16.2. The van der Waals surface area contributed by atoms with Gasteiger partial charge in [-0.1, -0.05) is 18.2 Å². The summed E-state index contributed by atoms with van der Waals surface area (Å²) in [5.41, 5.74) is 4.66. The van der Waals surface area contributed by atoms with E-state index in [-0.39, 0.29) is 5.82 Å². The first-order valence-electron chi connectivity index (χ1n) is 16.2. The Morgan fingerprint density at radius 1 is 0.957 bits per heavy atom. The highest BCUT2D eigenvalue weighted by Gasteiger charge is 2.18. The Morgan fingerprint density at radius 2 is 1.65 bits per heavy atom. The standard InChI is InChI=1S/C25H35FN2O4.C11H14O.C2H2/c1-5-28(21-7-9-24(29-3)25(17-21)30-4)18-19-6-8-23(22(26)16-19)32-15-12-27(2)20-10-13-31-14-11-20;12-11-7-3-6-9-4-1-2-5-10(9)8-11;1-2/h6-9,16-17,20H,5,10-15,18H2,1-4H3;3,6,8,12H,1-2,4-5,7H2;1-2H. The molecule has 46 heavy (non-hydrogen) atoms. The van der Waals surface area contributed by atoms with Crippen LogP contribution in [0.2, 0.25) is 0 Å². The van der Waals surface area contributed by atoms with E-state index in [0.29, 0.717) is 48.6 Å². The second-order valence-corrected chi connectivity index (χ2v) is 11.5. The average molecular weight is 635 g/mol. The minimum absolute atomic E-state index is 0.295. The molecule has 5 rings (SSSR count). The summed E-state index contributed by atoms with van der Waals surface area (Å²) in [5, 5.41) is 9.40. The van der Waals surface area contributed by atoms with Crippen molar-refractivity contribution in [2.45, 2.75) is 64.5 Å². The van der Waals surface area contributed by atoms with Gasteiger partial charge >= 0.3 is 0 Å². The molecule has 2 aliphatic carbocycles. The van der Waals surface area contributed by atoms with Gasteiger partial charge in [-0.3, -0.25) is 4.90 Å². The van der Waals surface area contributed by atoms with Gasteiger partial charge in [-0.05, 0) is 99.5 Å². The van der Waals surface area contributed by atoms with Crippen molar-refractivity contribution >= 4 is 5.69 Å². The number of nitrogens with zero attached hydrogens (tertiary/aromatic N) is 2. The van der Waals surface area contributed by atoms with Crippen LogP contribution in [0.1, 0.15) is 57.4 Å².